The third kappa shape index (κ3) is 6.96. The first-order valence-electron chi connectivity index (χ1n) is 9.74. The minimum Gasteiger partial charge on any atom is -0.480 e. The zero-order chi connectivity index (χ0) is 22.3. The molecule has 0 saturated carbocycles. The lowest BCUT2D eigenvalue weighted by Crippen LogP contribution is -2.52. The van der Waals surface area contributed by atoms with Gasteiger partial charge in [0.1, 0.15) is 12.1 Å². The van der Waals surface area contributed by atoms with Crippen molar-refractivity contribution in [1.82, 2.24) is 10.0 Å². The number of benzene rings is 2. The molecule has 1 amide bonds. The summed E-state index contributed by atoms with van der Waals surface area (Å²) < 4.78 is 27.9. The molecule has 0 aliphatic rings. The summed E-state index contributed by atoms with van der Waals surface area (Å²) in [5.41, 5.74) is 1.67. The van der Waals surface area contributed by atoms with Gasteiger partial charge in [-0.15, -0.1) is 0 Å². The fourth-order valence-electron chi connectivity index (χ4n) is 2.98. The van der Waals surface area contributed by atoms with Crippen molar-refractivity contribution in [3.8, 4) is 0 Å². The number of carbonyl (C=O) groups excluding carboxylic acids is 1. The molecule has 2 atom stereocenters. The number of sulfonamides is 1. The highest BCUT2D eigenvalue weighted by molar-refractivity contribution is 7.89. The van der Waals surface area contributed by atoms with E-state index >= 15 is 0 Å². The van der Waals surface area contributed by atoms with Crippen LogP contribution in [0.15, 0.2) is 59.5 Å². The van der Waals surface area contributed by atoms with E-state index in [9.17, 15) is 23.1 Å². The Balaban J connectivity index is 2.19. The van der Waals surface area contributed by atoms with E-state index in [0.717, 1.165) is 11.1 Å². The number of rotatable bonds is 10. The summed E-state index contributed by atoms with van der Waals surface area (Å²) in [5.74, 6) is -1.83. The normalized spacial score (nSPS) is 13.6. The van der Waals surface area contributed by atoms with Crippen molar-refractivity contribution in [2.75, 3.05) is 0 Å². The number of carboxylic acids is 1. The fourth-order valence-corrected chi connectivity index (χ4v) is 4.18. The second kappa shape index (κ2) is 10.4. The molecular weight excluding hydrogens is 404 g/mol. The van der Waals surface area contributed by atoms with Crippen LogP contribution in [-0.4, -0.2) is 37.5 Å². The summed E-state index contributed by atoms with van der Waals surface area (Å²) >= 11 is 0. The highest BCUT2D eigenvalue weighted by Gasteiger charge is 2.30. The molecule has 7 nitrogen and oxygen atoms in total. The van der Waals surface area contributed by atoms with Crippen molar-refractivity contribution in [2.24, 2.45) is 5.92 Å². The number of carbonyl (C=O) groups is 2. The SMILES string of the molecule is Cc1ccc(S(=O)(=O)N[C@@H](CC(C)C)C(=O)N[C@@H](Cc2ccccc2)C(=O)O)cc1. The zero-order valence-electron chi connectivity index (χ0n) is 17.3. The zero-order valence-corrected chi connectivity index (χ0v) is 18.1. The molecule has 0 aliphatic heterocycles. The van der Waals surface area contributed by atoms with Gasteiger partial charge >= 0.3 is 5.97 Å². The van der Waals surface area contributed by atoms with Crippen molar-refractivity contribution in [3.05, 3.63) is 65.7 Å². The van der Waals surface area contributed by atoms with Gasteiger partial charge in [0.05, 0.1) is 4.90 Å². The van der Waals surface area contributed by atoms with Gasteiger partial charge in [-0.05, 0) is 37.0 Å². The summed E-state index contributed by atoms with van der Waals surface area (Å²) in [6, 6.07) is 13.0. The predicted octanol–water partition coefficient (Wildman–Crippen LogP) is 2.50. The molecule has 0 heterocycles. The molecule has 0 unspecified atom stereocenters. The molecule has 2 aromatic rings. The van der Waals surface area contributed by atoms with Crippen molar-refractivity contribution in [2.45, 2.75) is 50.6 Å². The molecule has 162 valence electrons. The quantitative estimate of drug-likeness (QED) is 0.534. The molecular formula is C22H28N2O5S. The maximum absolute atomic E-state index is 12.8. The van der Waals surface area contributed by atoms with Gasteiger partial charge in [0, 0.05) is 6.42 Å². The highest BCUT2D eigenvalue weighted by atomic mass is 32.2. The van der Waals surface area contributed by atoms with Gasteiger partial charge in [-0.25, -0.2) is 13.2 Å². The van der Waals surface area contributed by atoms with E-state index in [0.29, 0.717) is 0 Å². The maximum atomic E-state index is 12.8. The van der Waals surface area contributed by atoms with E-state index in [2.05, 4.69) is 10.0 Å². The lowest BCUT2D eigenvalue weighted by Gasteiger charge is -2.23. The molecule has 0 spiro atoms. The molecule has 0 fully saturated rings. The van der Waals surface area contributed by atoms with Gasteiger partial charge in [-0.3, -0.25) is 4.79 Å². The molecule has 3 N–H and O–H groups in total. The standard InChI is InChI=1S/C22H28N2O5S/c1-15(2)13-19(24-30(28,29)18-11-9-16(3)10-12-18)21(25)23-20(22(26)27)14-17-7-5-4-6-8-17/h4-12,15,19-20,24H,13-14H2,1-3H3,(H,23,25)(H,26,27)/t19-,20-/m0/s1. The molecule has 0 bridgehead atoms. The van der Waals surface area contributed by atoms with E-state index in [1.807, 2.05) is 26.8 Å². The Labute approximate surface area is 177 Å². The van der Waals surface area contributed by atoms with E-state index in [4.69, 9.17) is 0 Å². The van der Waals surface area contributed by atoms with Gasteiger partial charge in [0.25, 0.3) is 0 Å². The molecule has 2 rings (SSSR count). The predicted molar refractivity (Wildman–Crippen MR) is 114 cm³/mol. The number of aliphatic carboxylic acids is 1. The Morgan fingerprint density at radius 1 is 0.967 bits per heavy atom. The molecule has 2 aromatic carbocycles. The first-order chi connectivity index (χ1) is 14.1. The van der Waals surface area contributed by atoms with E-state index in [1.54, 1.807) is 36.4 Å². The van der Waals surface area contributed by atoms with Crippen molar-refractivity contribution in [3.63, 3.8) is 0 Å². The average Bonchev–Trinajstić information content (AvgIpc) is 2.67. The Morgan fingerprint density at radius 3 is 2.10 bits per heavy atom. The van der Waals surface area contributed by atoms with Crippen LogP contribution in [0.2, 0.25) is 0 Å². The summed E-state index contributed by atoms with van der Waals surface area (Å²) in [4.78, 5) is 24.6. The van der Waals surface area contributed by atoms with Crippen LogP contribution in [0.4, 0.5) is 0 Å². The first kappa shape index (κ1) is 23.6. The first-order valence-corrected chi connectivity index (χ1v) is 11.2. The number of hydrogen-bond acceptors (Lipinski definition) is 4. The van der Waals surface area contributed by atoms with Gasteiger partial charge in [0.2, 0.25) is 15.9 Å². The smallest absolute Gasteiger partial charge is 0.326 e. The molecule has 8 heteroatoms. The summed E-state index contributed by atoms with van der Waals surface area (Å²) in [6.45, 7) is 5.57. The van der Waals surface area contributed by atoms with Crippen molar-refractivity contribution < 1.29 is 23.1 Å². The van der Waals surface area contributed by atoms with Crippen LogP contribution in [0.5, 0.6) is 0 Å². The summed E-state index contributed by atoms with van der Waals surface area (Å²) in [7, 11) is -3.94. The van der Waals surface area contributed by atoms with Crippen LogP contribution in [0, 0.1) is 12.8 Å². The van der Waals surface area contributed by atoms with E-state index in [-0.39, 0.29) is 23.7 Å². The van der Waals surface area contributed by atoms with Crippen LogP contribution >= 0.6 is 0 Å². The topological polar surface area (TPSA) is 113 Å². The Morgan fingerprint density at radius 2 is 1.57 bits per heavy atom. The van der Waals surface area contributed by atoms with E-state index < -0.39 is 34.0 Å². The fraction of sp³-hybridized carbons (Fsp3) is 0.364. The Bertz CT molecular complexity index is 957. The van der Waals surface area contributed by atoms with Gasteiger partial charge in [-0.1, -0.05) is 61.9 Å². The van der Waals surface area contributed by atoms with Crippen LogP contribution in [-0.2, 0) is 26.0 Å². The third-order valence-electron chi connectivity index (χ3n) is 4.55. The van der Waals surface area contributed by atoms with Gasteiger partial charge < -0.3 is 10.4 Å². The van der Waals surface area contributed by atoms with Gasteiger partial charge in [0.15, 0.2) is 0 Å². The molecule has 30 heavy (non-hydrogen) atoms. The lowest BCUT2D eigenvalue weighted by molar-refractivity contribution is -0.142. The summed E-state index contributed by atoms with van der Waals surface area (Å²) in [6.07, 6.45) is 0.329. The Kier molecular flexibility index (Phi) is 8.14. The molecule has 0 aromatic heterocycles. The highest BCUT2D eigenvalue weighted by Crippen LogP contribution is 2.14. The van der Waals surface area contributed by atoms with Gasteiger partial charge in [-0.2, -0.15) is 4.72 Å². The molecule has 0 aliphatic carbocycles. The molecule has 0 radical (unpaired) electrons. The number of hydrogen-bond donors (Lipinski definition) is 3. The second-order valence-electron chi connectivity index (χ2n) is 7.71. The second-order valence-corrected chi connectivity index (χ2v) is 9.42. The number of aryl methyl sites for hydroxylation is 1. The van der Waals surface area contributed by atoms with Crippen LogP contribution < -0.4 is 10.0 Å². The number of carboxylic acid groups (broad SMARTS) is 1. The maximum Gasteiger partial charge on any atom is 0.326 e. The number of amides is 1. The summed E-state index contributed by atoms with van der Waals surface area (Å²) in [5, 5.41) is 12.0. The van der Waals surface area contributed by atoms with E-state index in [1.165, 1.54) is 12.1 Å². The monoisotopic (exact) mass is 432 g/mol. The van der Waals surface area contributed by atoms with Crippen molar-refractivity contribution in [1.29, 1.82) is 0 Å². The van der Waals surface area contributed by atoms with Crippen molar-refractivity contribution >= 4 is 21.9 Å². The minimum atomic E-state index is -3.94. The minimum absolute atomic E-state index is 0.0128. The average molecular weight is 433 g/mol. The van der Waals surface area contributed by atoms with Crippen LogP contribution in [0.1, 0.15) is 31.4 Å². The Hall–Kier alpha value is -2.71. The largest absolute Gasteiger partial charge is 0.480 e. The third-order valence-corrected chi connectivity index (χ3v) is 6.04. The van der Waals surface area contributed by atoms with Crippen LogP contribution in [0.25, 0.3) is 0 Å². The lowest BCUT2D eigenvalue weighted by atomic mass is 10.0. The van der Waals surface area contributed by atoms with Crippen LogP contribution in [0.3, 0.4) is 0 Å². The molecule has 0 saturated heterocycles. The number of nitrogens with one attached hydrogen (secondary N) is 2.